The SMILES string of the molecule is COc1c2c(cc3c1[C@@H](CNC(=O)c1ccc4c(c1)NC(=O)CO4)N(C)CC3)OCO2. The van der Waals surface area contributed by atoms with E-state index >= 15 is 0 Å². The molecule has 0 unspecified atom stereocenters. The number of anilines is 1. The highest BCUT2D eigenvalue weighted by molar-refractivity contribution is 5.99. The summed E-state index contributed by atoms with van der Waals surface area (Å²) in [6.07, 6.45) is 0.855. The number of fused-ring (bicyclic) bond motifs is 3. The van der Waals surface area contributed by atoms with Crippen molar-refractivity contribution < 1.29 is 28.5 Å². The molecule has 162 valence electrons. The van der Waals surface area contributed by atoms with Gasteiger partial charge in [-0.25, -0.2) is 0 Å². The topological polar surface area (TPSA) is 98.4 Å². The van der Waals surface area contributed by atoms with Crippen LogP contribution < -0.4 is 29.6 Å². The molecule has 3 aliphatic heterocycles. The molecule has 0 saturated heterocycles. The summed E-state index contributed by atoms with van der Waals surface area (Å²) in [7, 11) is 3.64. The van der Waals surface area contributed by atoms with Gasteiger partial charge in [0.15, 0.2) is 18.1 Å². The molecule has 0 radical (unpaired) electrons. The number of nitrogens with one attached hydrogen (secondary N) is 2. The summed E-state index contributed by atoms with van der Waals surface area (Å²) in [5.74, 6) is 2.04. The molecule has 0 aromatic heterocycles. The maximum Gasteiger partial charge on any atom is 0.262 e. The van der Waals surface area contributed by atoms with Crippen molar-refractivity contribution in [2.75, 3.05) is 46.0 Å². The zero-order valence-electron chi connectivity index (χ0n) is 17.3. The lowest BCUT2D eigenvalue weighted by Gasteiger charge is -2.36. The van der Waals surface area contributed by atoms with Crippen molar-refractivity contribution in [2.24, 2.45) is 0 Å². The second-order valence-electron chi connectivity index (χ2n) is 7.72. The Kier molecular flexibility index (Phi) is 4.82. The third-order valence-corrected chi connectivity index (χ3v) is 5.88. The van der Waals surface area contributed by atoms with Crippen molar-refractivity contribution in [2.45, 2.75) is 12.5 Å². The molecule has 0 aliphatic carbocycles. The standard InChI is InChI=1S/C22H23N3O6/c1-25-6-5-12-8-17-20(31-11-30-17)21(28-2)19(12)15(25)9-23-22(27)13-3-4-16-14(7-13)24-18(26)10-29-16/h3-4,7-8,15H,5-6,9-11H2,1-2H3,(H,23,27)(H,24,26)/t15-/m1/s1. The van der Waals surface area contributed by atoms with Gasteiger partial charge in [-0.05, 0) is 43.3 Å². The second kappa shape index (κ2) is 7.66. The van der Waals surface area contributed by atoms with Crippen LogP contribution in [0.1, 0.15) is 27.5 Å². The maximum atomic E-state index is 12.9. The Bertz CT molecular complexity index is 1070. The number of carbonyl (C=O) groups excluding carboxylic acids is 2. The Morgan fingerprint density at radius 2 is 2.13 bits per heavy atom. The summed E-state index contributed by atoms with van der Waals surface area (Å²) in [4.78, 5) is 26.6. The predicted octanol–water partition coefficient (Wildman–Crippen LogP) is 1.71. The minimum Gasteiger partial charge on any atom is -0.492 e. The lowest BCUT2D eigenvalue weighted by molar-refractivity contribution is -0.118. The first-order valence-electron chi connectivity index (χ1n) is 10.1. The van der Waals surface area contributed by atoms with E-state index in [1.165, 1.54) is 0 Å². The Hall–Kier alpha value is -3.46. The molecule has 2 N–H and O–H groups in total. The first kappa shape index (κ1) is 19.5. The molecule has 3 heterocycles. The number of ether oxygens (including phenoxy) is 4. The maximum absolute atomic E-state index is 12.9. The minimum absolute atomic E-state index is 0.0216. The van der Waals surface area contributed by atoms with Crippen LogP contribution in [0, 0.1) is 0 Å². The fraction of sp³-hybridized carbons (Fsp3) is 0.364. The van der Waals surface area contributed by atoms with Crippen LogP contribution in [0.3, 0.4) is 0 Å². The number of benzene rings is 2. The number of methoxy groups -OCH3 is 1. The van der Waals surface area contributed by atoms with E-state index in [2.05, 4.69) is 15.5 Å². The molecule has 2 aromatic carbocycles. The summed E-state index contributed by atoms with van der Waals surface area (Å²) in [5.41, 5.74) is 3.08. The predicted molar refractivity (Wildman–Crippen MR) is 111 cm³/mol. The first-order chi connectivity index (χ1) is 15.0. The van der Waals surface area contributed by atoms with E-state index in [1.54, 1.807) is 25.3 Å². The molecule has 2 aromatic rings. The summed E-state index contributed by atoms with van der Waals surface area (Å²) in [6.45, 7) is 1.38. The molecule has 2 amide bonds. The van der Waals surface area contributed by atoms with Gasteiger partial charge >= 0.3 is 0 Å². The number of nitrogens with zero attached hydrogens (tertiary/aromatic N) is 1. The first-order valence-corrected chi connectivity index (χ1v) is 10.1. The van der Waals surface area contributed by atoms with E-state index < -0.39 is 0 Å². The van der Waals surface area contributed by atoms with E-state index in [-0.39, 0.29) is 31.3 Å². The van der Waals surface area contributed by atoms with Crippen molar-refractivity contribution in [1.82, 2.24) is 10.2 Å². The van der Waals surface area contributed by atoms with Gasteiger partial charge in [0.1, 0.15) is 5.75 Å². The molecular weight excluding hydrogens is 402 g/mol. The van der Waals surface area contributed by atoms with Gasteiger partial charge in [0, 0.05) is 24.2 Å². The number of carbonyl (C=O) groups is 2. The Morgan fingerprint density at radius 3 is 2.97 bits per heavy atom. The molecule has 0 bridgehead atoms. The highest BCUT2D eigenvalue weighted by Gasteiger charge is 2.34. The number of likely N-dealkylation sites (N-methyl/N-ethyl adjacent to an activating group) is 1. The van der Waals surface area contributed by atoms with Gasteiger partial charge in [-0.2, -0.15) is 0 Å². The number of hydrogen-bond donors (Lipinski definition) is 2. The van der Waals surface area contributed by atoms with Gasteiger partial charge in [-0.1, -0.05) is 0 Å². The smallest absolute Gasteiger partial charge is 0.262 e. The average molecular weight is 425 g/mol. The molecule has 0 saturated carbocycles. The quantitative estimate of drug-likeness (QED) is 0.770. The van der Waals surface area contributed by atoms with Crippen LogP contribution in [-0.2, 0) is 11.2 Å². The van der Waals surface area contributed by atoms with Gasteiger partial charge < -0.3 is 29.6 Å². The van der Waals surface area contributed by atoms with E-state index in [0.717, 1.165) is 24.1 Å². The second-order valence-corrected chi connectivity index (χ2v) is 7.72. The van der Waals surface area contributed by atoms with E-state index in [1.807, 2.05) is 13.1 Å². The van der Waals surface area contributed by atoms with Crippen molar-refractivity contribution in [3.05, 3.63) is 41.0 Å². The van der Waals surface area contributed by atoms with Gasteiger partial charge in [0.25, 0.3) is 11.8 Å². The van der Waals surface area contributed by atoms with Crippen LogP contribution in [0.2, 0.25) is 0 Å². The number of hydrogen-bond acceptors (Lipinski definition) is 7. The minimum atomic E-state index is -0.240. The summed E-state index contributed by atoms with van der Waals surface area (Å²) in [5, 5.41) is 5.74. The Balaban J connectivity index is 1.38. The summed E-state index contributed by atoms with van der Waals surface area (Å²) in [6, 6.07) is 6.92. The Morgan fingerprint density at radius 1 is 1.26 bits per heavy atom. The fourth-order valence-electron chi connectivity index (χ4n) is 4.30. The fourth-order valence-corrected chi connectivity index (χ4v) is 4.30. The zero-order valence-corrected chi connectivity index (χ0v) is 17.3. The van der Waals surface area contributed by atoms with Crippen molar-refractivity contribution in [3.8, 4) is 23.0 Å². The van der Waals surface area contributed by atoms with Gasteiger partial charge in [-0.3, -0.25) is 14.5 Å². The van der Waals surface area contributed by atoms with Crippen LogP contribution >= 0.6 is 0 Å². The van der Waals surface area contributed by atoms with E-state index in [9.17, 15) is 9.59 Å². The van der Waals surface area contributed by atoms with Crippen molar-refractivity contribution in [3.63, 3.8) is 0 Å². The van der Waals surface area contributed by atoms with Crippen LogP contribution in [0.5, 0.6) is 23.0 Å². The molecule has 5 rings (SSSR count). The molecule has 0 spiro atoms. The van der Waals surface area contributed by atoms with Crippen LogP contribution in [0.25, 0.3) is 0 Å². The molecule has 1 atom stereocenters. The van der Waals surface area contributed by atoms with Crippen molar-refractivity contribution in [1.29, 1.82) is 0 Å². The Labute approximate surface area is 179 Å². The molecule has 3 aliphatic rings. The monoisotopic (exact) mass is 425 g/mol. The van der Waals surface area contributed by atoms with Gasteiger partial charge in [0.05, 0.1) is 18.8 Å². The lowest BCUT2D eigenvalue weighted by Crippen LogP contribution is -2.40. The number of rotatable bonds is 4. The normalized spacial score (nSPS) is 19.0. The van der Waals surface area contributed by atoms with Crippen LogP contribution in [0.4, 0.5) is 5.69 Å². The molecule has 9 heteroatoms. The number of amides is 2. The molecular formula is C22H23N3O6. The lowest BCUT2D eigenvalue weighted by atomic mass is 9.91. The van der Waals surface area contributed by atoms with Crippen molar-refractivity contribution >= 4 is 17.5 Å². The van der Waals surface area contributed by atoms with Crippen LogP contribution in [0.15, 0.2) is 24.3 Å². The van der Waals surface area contributed by atoms with E-state index in [4.69, 9.17) is 18.9 Å². The van der Waals surface area contributed by atoms with E-state index in [0.29, 0.717) is 40.8 Å². The molecule has 9 nitrogen and oxygen atoms in total. The third-order valence-electron chi connectivity index (χ3n) is 5.88. The van der Waals surface area contributed by atoms with Crippen LogP contribution in [-0.4, -0.2) is 57.4 Å². The summed E-state index contributed by atoms with van der Waals surface area (Å²) >= 11 is 0. The molecule has 31 heavy (non-hydrogen) atoms. The van der Waals surface area contributed by atoms with Gasteiger partial charge in [-0.15, -0.1) is 0 Å². The highest BCUT2D eigenvalue weighted by atomic mass is 16.7. The van der Waals surface area contributed by atoms with Gasteiger partial charge in [0.2, 0.25) is 12.5 Å². The zero-order chi connectivity index (χ0) is 21.5. The highest BCUT2D eigenvalue weighted by Crippen LogP contribution is 2.49. The third kappa shape index (κ3) is 3.40. The summed E-state index contributed by atoms with van der Waals surface area (Å²) < 4.78 is 22.2. The molecule has 0 fully saturated rings. The average Bonchev–Trinajstić information content (AvgIpc) is 3.24. The largest absolute Gasteiger partial charge is 0.492 e.